The number of rotatable bonds is 5. The van der Waals surface area contributed by atoms with Gasteiger partial charge in [-0.15, -0.1) is 0 Å². The van der Waals surface area contributed by atoms with E-state index in [1.54, 1.807) is 7.11 Å². The molecule has 0 saturated carbocycles. The summed E-state index contributed by atoms with van der Waals surface area (Å²) in [6.45, 7) is 8.06. The van der Waals surface area contributed by atoms with Gasteiger partial charge in [0.05, 0.1) is 13.5 Å². The van der Waals surface area contributed by atoms with Gasteiger partial charge in [0, 0.05) is 15.5 Å². The maximum Gasteiger partial charge on any atom is 0.304 e. The number of carboxylic acid groups (broad SMARTS) is 1. The second-order valence-electron chi connectivity index (χ2n) is 5.68. The molecule has 106 valence electrons. The van der Waals surface area contributed by atoms with Crippen molar-refractivity contribution in [1.29, 1.82) is 0 Å². The van der Waals surface area contributed by atoms with Crippen molar-refractivity contribution in [3.8, 4) is 5.75 Å². The van der Waals surface area contributed by atoms with Crippen molar-refractivity contribution in [3.05, 3.63) is 27.7 Å². The fourth-order valence-corrected chi connectivity index (χ4v) is 3.09. The summed E-state index contributed by atoms with van der Waals surface area (Å²) in [5, 5.41) is 9.01. The lowest BCUT2D eigenvalue weighted by molar-refractivity contribution is -0.138. The Labute approximate surface area is 123 Å². The Morgan fingerprint density at radius 3 is 2.42 bits per heavy atom. The average Bonchev–Trinajstić information content (AvgIpc) is 2.25. The molecule has 1 aromatic carbocycles. The molecule has 3 nitrogen and oxygen atoms in total. The summed E-state index contributed by atoms with van der Waals surface area (Å²) in [6, 6.07) is 3.95. The SMILES string of the molecule is COc1cc(C(C)(C)CC(=O)O)cc(Br)c1C(C)C. The zero-order valence-electron chi connectivity index (χ0n) is 12.1. The van der Waals surface area contributed by atoms with E-state index in [9.17, 15) is 4.79 Å². The highest BCUT2D eigenvalue weighted by atomic mass is 79.9. The number of halogens is 1. The largest absolute Gasteiger partial charge is 0.496 e. The number of hydrogen-bond donors (Lipinski definition) is 1. The van der Waals surface area contributed by atoms with Crippen molar-refractivity contribution in [2.24, 2.45) is 0 Å². The molecule has 0 fully saturated rings. The molecular weight excluding hydrogens is 308 g/mol. The lowest BCUT2D eigenvalue weighted by atomic mass is 9.80. The molecule has 0 aliphatic rings. The molecule has 0 spiro atoms. The van der Waals surface area contributed by atoms with E-state index in [0.717, 1.165) is 21.3 Å². The van der Waals surface area contributed by atoms with Crippen LogP contribution in [0.2, 0.25) is 0 Å². The standard InChI is InChI=1S/C15H21BrO3/c1-9(2)14-11(16)6-10(7-12(14)19-5)15(3,4)8-13(17)18/h6-7,9H,8H2,1-5H3,(H,17,18). The topological polar surface area (TPSA) is 46.5 Å². The summed E-state index contributed by atoms with van der Waals surface area (Å²) in [5.41, 5.74) is 1.64. The van der Waals surface area contributed by atoms with Crippen LogP contribution in [0.25, 0.3) is 0 Å². The van der Waals surface area contributed by atoms with Crippen molar-refractivity contribution in [3.63, 3.8) is 0 Å². The molecule has 0 aromatic heterocycles. The van der Waals surface area contributed by atoms with Gasteiger partial charge >= 0.3 is 5.97 Å². The first-order valence-electron chi connectivity index (χ1n) is 6.28. The summed E-state index contributed by atoms with van der Waals surface area (Å²) in [6.07, 6.45) is 0.0869. The van der Waals surface area contributed by atoms with E-state index >= 15 is 0 Å². The normalized spacial score (nSPS) is 11.7. The molecule has 0 heterocycles. The lowest BCUT2D eigenvalue weighted by Gasteiger charge is -2.26. The first kappa shape index (κ1) is 16.0. The van der Waals surface area contributed by atoms with Crippen LogP contribution >= 0.6 is 15.9 Å². The second-order valence-corrected chi connectivity index (χ2v) is 6.54. The number of benzene rings is 1. The summed E-state index contributed by atoms with van der Waals surface area (Å²) in [7, 11) is 1.64. The summed E-state index contributed by atoms with van der Waals surface area (Å²) in [5.74, 6) is 0.340. The van der Waals surface area contributed by atoms with Crippen molar-refractivity contribution in [1.82, 2.24) is 0 Å². The third-order valence-corrected chi connectivity index (χ3v) is 3.92. The molecule has 1 aromatic rings. The van der Waals surface area contributed by atoms with E-state index in [0.29, 0.717) is 5.92 Å². The predicted molar refractivity (Wildman–Crippen MR) is 80.1 cm³/mol. The second kappa shape index (κ2) is 5.95. The van der Waals surface area contributed by atoms with Gasteiger partial charge in [0.25, 0.3) is 0 Å². The number of methoxy groups -OCH3 is 1. The van der Waals surface area contributed by atoms with Crippen LogP contribution in [0.1, 0.15) is 51.2 Å². The van der Waals surface area contributed by atoms with Crippen LogP contribution in [0.3, 0.4) is 0 Å². The van der Waals surface area contributed by atoms with Crippen LogP contribution in [0, 0.1) is 0 Å². The molecule has 0 saturated heterocycles. The van der Waals surface area contributed by atoms with Crippen LogP contribution in [-0.4, -0.2) is 18.2 Å². The summed E-state index contributed by atoms with van der Waals surface area (Å²) < 4.78 is 6.42. The minimum Gasteiger partial charge on any atom is -0.496 e. The third-order valence-electron chi connectivity index (χ3n) is 3.26. The molecule has 0 radical (unpaired) electrons. The Hall–Kier alpha value is -1.03. The first-order chi connectivity index (χ1) is 8.69. The van der Waals surface area contributed by atoms with Crippen molar-refractivity contribution in [2.75, 3.05) is 7.11 Å². The zero-order chi connectivity index (χ0) is 14.8. The van der Waals surface area contributed by atoms with Gasteiger partial charge in [0.1, 0.15) is 5.75 Å². The van der Waals surface area contributed by atoms with Crippen LogP contribution in [0.4, 0.5) is 0 Å². The highest BCUT2D eigenvalue weighted by Gasteiger charge is 2.26. The molecule has 0 unspecified atom stereocenters. The molecule has 0 bridgehead atoms. The van der Waals surface area contributed by atoms with Crippen molar-refractivity contribution < 1.29 is 14.6 Å². The van der Waals surface area contributed by atoms with Crippen LogP contribution in [-0.2, 0) is 10.2 Å². The molecule has 1 rings (SSSR count). The zero-order valence-corrected chi connectivity index (χ0v) is 13.7. The Balaban J connectivity index is 3.33. The number of hydrogen-bond acceptors (Lipinski definition) is 2. The Morgan fingerprint density at radius 2 is 2.00 bits per heavy atom. The quantitative estimate of drug-likeness (QED) is 0.874. The van der Waals surface area contributed by atoms with E-state index < -0.39 is 11.4 Å². The van der Waals surface area contributed by atoms with Gasteiger partial charge < -0.3 is 9.84 Å². The monoisotopic (exact) mass is 328 g/mol. The summed E-state index contributed by atoms with van der Waals surface area (Å²) in [4.78, 5) is 11.0. The number of carboxylic acids is 1. The average molecular weight is 329 g/mol. The van der Waals surface area contributed by atoms with Gasteiger partial charge in [-0.2, -0.15) is 0 Å². The highest BCUT2D eigenvalue weighted by molar-refractivity contribution is 9.10. The number of ether oxygens (including phenoxy) is 1. The van der Waals surface area contributed by atoms with Crippen LogP contribution in [0.15, 0.2) is 16.6 Å². The predicted octanol–water partition coefficient (Wildman–Crippen LogP) is 4.33. The number of aliphatic carboxylic acids is 1. The first-order valence-corrected chi connectivity index (χ1v) is 7.08. The fraction of sp³-hybridized carbons (Fsp3) is 0.533. The molecule has 0 aliphatic heterocycles. The highest BCUT2D eigenvalue weighted by Crippen LogP contribution is 2.39. The van der Waals surface area contributed by atoms with E-state index in [-0.39, 0.29) is 6.42 Å². The number of carbonyl (C=O) groups is 1. The smallest absolute Gasteiger partial charge is 0.304 e. The molecule has 1 N–H and O–H groups in total. The molecule has 19 heavy (non-hydrogen) atoms. The van der Waals surface area contributed by atoms with Gasteiger partial charge in [-0.05, 0) is 23.6 Å². The van der Waals surface area contributed by atoms with Gasteiger partial charge in [0.15, 0.2) is 0 Å². The van der Waals surface area contributed by atoms with Gasteiger partial charge in [-0.25, -0.2) is 0 Å². The van der Waals surface area contributed by atoms with Gasteiger partial charge in [0.2, 0.25) is 0 Å². The lowest BCUT2D eigenvalue weighted by Crippen LogP contribution is -2.22. The Kier molecular flexibility index (Phi) is 5.02. The van der Waals surface area contributed by atoms with E-state index in [4.69, 9.17) is 9.84 Å². The van der Waals surface area contributed by atoms with Crippen molar-refractivity contribution >= 4 is 21.9 Å². The molecule has 0 atom stereocenters. The maximum absolute atomic E-state index is 11.0. The third kappa shape index (κ3) is 3.72. The minimum atomic E-state index is -0.798. The minimum absolute atomic E-state index is 0.0869. The Bertz CT molecular complexity index is 479. The molecule has 0 aliphatic carbocycles. The Morgan fingerprint density at radius 1 is 1.42 bits per heavy atom. The van der Waals surface area contributed by atoms with Gasteiger partial charge in [-0.1, -0.05) is 43.6 Å². The van der Waals surface area contributed by atoms with E-state index in [2.05, 4.69) is 29.8 Å². The van der Waals surface area contributed by atoms with Gasteiger partial charge in [-0.3, -0.25) is 4.79 Å². The summed E-state index contributed by atoms with van der Waals surface area (Å²) >= 11 is 3.57. The van der Waals surface area contributed by atoms with E-state index in [1.165, 1.54) is 0 Å². The molecular formula is C15H21BrO3. The van der Waals surface area contributed by atoms with E-state index in [1.807, 2.05) is 26.0 Å². The maximum atomic E-state index is 11.0. The van der Waals surface area contributed by atoms with Crippen LogP contribution < -0.4 is 4.74 Å². The molecule has 4 heteroatoms. The van der Waals surface area contributed by atoms with Crippen molar-refractivity contribution in [2.45, 2.75) is 45.4 Å². The molecule has 0 amide bonds. The fourth-order valence-electron chi connectivity index (χ4n) is 2.19. The van der Waals surface area contributed by atoms with Crippen LogP contribution in [0.5, 0.6) is 5.75 Å².